The molecule has 1 aliphatic rings. The molecule has 1 aromatic heterocycles. The van der Waals surface area contributed by atoms with Gasteiger partial charge in [-0.3, -0.25) is 0 Å². The number of imidazole rings is 1. The van der Waals surface area contributed by atoms with Crippen LogP contribution in [-0.4, -0.2) is 27.3 Å². The number of hydrogen-bond donors (Lipinski definition) is 2. The molecule has 4 nitrogen and oxygen atoms in total. The highest BCUT2D eigenvalue weighted by Crippen LogP contribution is 2.26. The Morgan fingerprint density at radius 2 is 2.05 bits per heavy atom. The Morgan fingerprint density at radius 1 is 1.27 bits per heavy atom. The second-order valence-electron chi connectivity index (χ2n) is 6.28. The Bertz CT molecular complexity index is 565. The van der Waals surface area contributed by atoms with E-state index < -0.39 is 0 Å². The van der Waals surface area contributed by atoms with Gasteiger partial charge in [0, 0.05) is 36.8 Å². The maximum Gasteiger partial charge on any atom is 0.0991 e. The van der Waals surface area contributed by atoms with Crippen LogP contribution in [0.5, 0.6) is 0 Å². The maximum atomic E-state index is 9.54. The van der Waals surface area contributed by atoms with Gasteiger partial charge >= 0.3 is 0 Å². The van der Waals surface area contributed by atoms with Crippen molar-refractivity contribution in [3.8, 4) is 5.69 Å². The topological polar surface area (TPSA) is 50.1 Å². The van der Waals surface area contributed by atoms with Crippen LogP contribution in [0.3, 0.4) is 0 Å². The molecule has 1 fully saturated rings. The molecular weight excluding hydrogens is 274 g/mol. The smallest absolute Gasteiger partial charge is 0.0991 e. The number of aromatic nitrogens is 2. The first-order valence-electron chi connectivity index (χ1n) is 8.23. The van der Waals surface area contributed by atoms with Gasteiger partial charge in [-0.05, 0) is 43.4 Å². The molecule has 3 rings (SSSR count). The quantitative estimate of drug-likeness (QED) is 0.892. The molecule has 0 aliphatic heterocycles. The lowest BCUT2D eigenvalue weighted by atomic mass is 9.84. The van der Waals surface area contributed by atoms with Crippen molar-refractivity contribution in [2.24, 2.45) is 5.92 Å². The molecule has 1 aliphatic carbocycles. The number of aliphatic hydroxyl groups is 1. The minimum atomic E-state index is 0.296. The third-order valence-corrected chi connectivity index (χ3v) is 4.80. The molecule has 0 spiro atoms. The summed E-state index contributed by atoms with van der Waals surface area (Å²) in [5.74, 6) is 0.404. The Labute approximate surface area is 132 Å². The summed E-state index contributed by atoms with van der Waals surface area (Å²) >= 11 is 0. The van der Waals surface area contributed by atoms with Gasteiger partial charge in [-0.25, -0.2) is 4.98 Å². The Hall–Kier alpha value is -1.65. The second kappa shape index (κ2) is 7.07. The van der Waals surface area contributed by atoms with Crippen molar-refractivity contribution >= 4 is 0 Å². The summed E-state index contributed by atoms with van der Waals surface area (Å²) in [6.45, 7) is 2.50. The largest absolute Gasteiger partial charge is 0.396 e. The van der Waals surface area contributed by atoms with Crippen LogP contribution >= 0.6 is 0 Å². The van der Waals surface area contributed by atoms with E-state index in [0.717, 1.165) is 12.1 Å². The van der Waals surface area contributed by atoms with Crippen molar-refractivity contribution in [2.45, 2.75) is 44.7 Å². The average Bonchev–Trinajstić information content (AvgIpc) is 3.10. The molecule has 0 amide bonds. The van der Waals surface area contributed by atoms with Gasteiger partial charge < -0.3 is 15.0 Å². The minimum Gasteiger partial charge on any atom is -0.396 e. The number of nitrogens with zero attached hydrogens (tertiary/aromatic N) is 2. The van der Waals surface area contributed by atoms with E-state index in [0.29, 0.717) is 24.6 Å². The van der Waals surface area contributed by atoms with Crippen molar-refractivity contribution in [3.05, 3.63) is 48.5 Å². The molecule has 4 heteroatoms. The molecule has 1 saturated carbocycles. The van der Waals surface area contributed by atoms with E-state index in [4.69, 9.17) is 0 Å². The van der Waals surface area contributed by atoms with Gasteiger partial charge in [-0.2, -0.15) is 0 Å². The average molecular weight is 299 g/mol. The first-order valence-corrected chi connectivity index (χ1v) is 8.23. The SMILES string of the molecule is CC(NC1CCCCC1CO)c1ccc(-n2ccnc2)cc1. The number of nitrogens with one attached hydrogen (secondary N) is 1. The molecule has 0 saturated heterocycles. The fourth-order valence-electron chi connectivity index (χ4n) is 3.41. The predicted octanol–water partition coefficient (Wildman–Crippen LogP) is 3.07. The minimum absolute atomic E-state index is 0.296. The summed E-state index contributed by atoms with van der Waals surface area (Å²) in [6, 6.07) is 9.32. The van der Waals surface area contributed by atoms with E-state index in [9.17, 15) is 5.11 Å². The van der Waals surface area contributed by atoms with Crippen molar-refractivity contribution in [1.29, 1.82) is 0 Å². The Balaban J connectivity index is 1.65. The summed E-state index contributed by atoms with van der Waals surface area (Å²) < 4.78 is 2.00. The van der Waals surface area contributed by atoms with Gasteiger partial charge in [-0.15, -0.1) is 0 Å². The lowest BCUT2D eigenvalue weighted by Crippen LogP contribution is -2.41. The molecule has 0 bridgehead atoms. The lowest BCUT2D eigenvalue weighted by molar-refractivity contribution is 0.147. The Kier molecular flexibility index (Phi) is 4.90. The molecular formula is C18H25N3O. The zero-order chi connectivity index (χ0) is 15.4. The predicted molar refractivity (Wildman–Crippen MR) is 87.9 cm³/mol. The van der Waals surface area contributed by atoms with Crippen LogP contribution in [0.4, 0.5) is 0 Å². The first kappa shape index (κ1) is 15.3. The molecule has 1 heterocycles. The van der Waals surface area contributed by atoms with Gasteiger partial charge in [0.05, 0.1) is 6.33 Å². The van der Waals surface area contributed by atoms with Gasteiger partial charge in [0.2, 0.25) is 0 Å². The number of aliphatic hydroxyl groups excluding tert-OH is 1. The zero-order valence-corrected chi connectivity index (χ0v) is 13.2. The first-order chi connectivity index (χ1) is 10.8. The fraction of sp³-hybridized carbons (Fsp3) is 0.500. The number of benzene rings is 1. The van der Waals surface area contributed by atoms with Gasteiger partial charge in [0.25, 0.3) is 0 Å². The molecule has 3 atom stereocenters. The summed E-state index contributed by atoms with van der Waals surface area (Å²) in [5.41, 5.74) is 2.41. The highest BCUT2D eigenvalue weighted by Gasteiger charge is 2.25. The van der Waals surface area contributed by atoms with Crippen molar-refractivity contribution in [1.82, 2.24) is 14.9 Å². The summed E-state index contributed by atoms with van der Waals surface area (Å²) in [5, 5.41) is 13.2. The van der Waals surface area contributed by atoms with Crippen LogP contribution < -0.4 is 5.32 Å². The zero-order valence-electron chi connectivity index (χ0n) is 13.2. The van der Waals surface area contributed by atoms with Crippen LogP contribution in [-0.2, 0) is 0 Å². The van der Waals surface area contributed by atoms with E-state index in [2.05, 4.69) is 41.5 Å². The lowest BCUT2D eigenvalue weighted by Gasteiger charge is -2.33. The number of rotatable bonds is 5. The number of hydrogen-bond acceptors (Lipinski definition) is 3. The highest BCUT2D eigenvalue weighted by atomic mass is 16.3. The summed E-state index contributed by atoms with van der Waals surface area (Å²) in [4.78, 5) is 4.08. The Morgan fingerprint density at radius 3 is 2.73 bits per heavy atom. The van der Waals surface area contributed by atoms with Gasteiger partial charge in [-0.1, -0.05) is 25.0 Å². The van der Waals surface area contributed by atoms with Crippen LogP contribution in [0.2, 0.25) is 0 Å². The normalized spacial score (nSPS) is 23.4. The van der Waals surface area contributed by atoms with Crippen molar-refractivity contribution in [3.63, 3.8) is 0 Å². The van der Waals surface area contributed by atoms with Crippen molar-refractivity contribution < 1.29 is 5.11 Å². The highest BCUT2D eigenvalue weighted by molar-refractivity contribution is 5.35. The standard InChI is InChI=1S/C18H25N3O/c1-14(20-18-5-3-2-4-16(18)12-22)15-6-8-17(9-7-15)21-11-10-19-13-21/h6-11,13-14,16,18,20,22H,2-5,12H2,1H3. The van der Waals surface area contributed by atoms with E-state index >= 15 is 0 Å². The molecule has 2 aromatic rings. The van der Waals surface area contributed by atoms with E-state index in [-0.39, 0.29) is 0 Å². The molecule has 3 unspecified atom stereocenters. The van der Waals surface area contributed by atoms with Crippen LogP contribution in [0.1, 0.15) is 44.2 Å². The van der Waals surface area contributed by atoms with E-state index in [1.165, 1.54) is 24.8 Å². The summed E-state index contributed by atoms with van der Waals surface area (Å²) in [6.07, 6.45) is 10.4. The third kappa shape index (κ3) is 3.39. The molecule has 1 aromatic carbocycles. The molecule has 22 heavy (non-hydrogen) atoms. The molecule has 2 N–H and O–H groups in total. The third-order valence-electron chi connectivity index (χ3n) is 4.80. The maximum absolute atomic E-state index is 9.54. The van der Waals surface area contributed by atoms with Gasteiger partial charge in [0.15, 0.2) is 0 Å². The van der Waals surface area contributed by atoms with Crippen LogP contribution in [0.15, 0.2) is 43.0 Å². The molecule has 118 valence electrons. The second-order valence-corrected chi connectivity index (χ2v) is 6.28. The monoisotopic (exact) mass is 299 g/mol. The fourth-order valence-corrected chi connectivity index (χ4v) is 3.41. The van der Waals surface area contributed by atoms with E-state index in [1.807, 2.05) is 17.1 Å². The summed E-state index contributed by atoms with van der Waals surface area (Å²) in [7, 11) is 0. The van der Waals surface area contributed by atoms with Crippen molar-refractivity contribution in [2.75, 3.05) is 6.61 Å². The van der Waals surface area contributed by atoms with Gasteiger partial charge in [0.1, 0.15) is 0 Å². The van der Waals surface area contributed by atoms with E-state index in [1.54, 1.807) is 6.20 Å². The van der Waals surface area contributed by atoms with Crippen LogP contribution in [0, 0.1) is 5.92 Å². The molecule has 0 radical (unpaired) electrons. The van der Waals surface area contributed by atoms with Crippen LogP contribution in [0.25, 0.3) is 5.69 Å².